The van der Waals surface area contributed by atoms with E-state index in [2.05, 4.69) is 30.5 Å². The quantitative estimate of drug-likeness (QED) is 0.606. The molecule has 0 aliphatic rings. The summed E-state index contributed by atoms with van der Waals surface area (Å²) >= 11 is 0. The minimum atomic E-state index is 0.667. The molecule has 0 radical (unpaired) electrons. The minimum absolute atomic E-state index is 0.667. The van der Waals surface area contributed by atoms with Crippen molar-refractivity contribution in [2.75, 3.05) is 0 Å². The van der Waals surface area contributed by atoms with E-state index in [1.165, 1.54) is 6.33 Å². The summed E-state index contributed by atoms with van der Waals surface area (Å²) in [6.07, 6.45) is 5.01. The Morgan fingerprint density at radius 3 is 2.85 bits per heavy atom. The van der Waals surface area contributed by atoms with Crippen LogP contribution in [0.25, 0.3) is 0 Å². The van der Waals surface area contributed by atoms with Gasteiger partial charge in [-0.1, -0.05) is 0 Å². The number of aromatic nitrogens is 5. The van der Waals surface area contributed by atoms with Gasteiger partial charge in [0, 0.05) is 12.4 Å². The lowest BCUT2D eigenvalue weighted by molar-refractivity contribution is 0.645. The number of imidazole rings is 1. The third-order valence-electron chi connectivity index (χ3n) is 1.60. The van der Waals surface area contributed by atoms with E-state index in [1.807, 2.05) is 0 Å². The Morgan fingerprint density at radius 1 is 1.23 bits per heavy atom. The van der Waals surface area contributed by atoms with Crippen LogP contribution in [-0.4, -0.2) is 25.1 Å². The van der Waals surface area contributed by atoms with Crippen molar-refractivity contribution >= 4 is 0 Å². The molecule has 0 aliphatic carbocycles. The molecule has 0 saturated carbocycles. The largest absolute Gasteiger partial charge is 0.348 e. The van der Waals surface area contributed by atoms with Crippen molar-refractivity contribution in [2.45, 2.75) is 13.1 Å². The molecule has 0 amide bonds. The molecule has 2 aromatic heterocycles. The summed E-state index contributed by atoms with van der Waals surface area (Å²) in [6.45, 7) is 1.37. The summed E-state index contributed by atoms with van der Waals surface area (Å²) in [6, 6.07) is 0. The highest BCUT2D eigenvalue weighted by Crippen LogP contribution is 1.89. The molecule has 0 bridgehead atoms. The summed E-state index contributed by atoms with van der Waals surface area (Å²) in [5, 5.41) is 9.66. The average Bonchev–Trinajstić information content (AvgIpc) is 2.75. The number of nitrogens with zero attached hydrogens (tertiary/aromatic N) is 3. The third-order valence-corrected chi connectivity index (χ3v) is 1.60. The number of rotatable bonds is 4. The van der Waals surface area contributed by atoms with Gasteiger partial charge in [-0.05, 0) is 0 Å². The van der Waals surface area contributed by atoms with E-state index >= 15 is 0 Å². The van der Waals surface area contributed by atoms with Crippen LogP contribution >= 0.6 is 0 Å². The Kier molecular flexibility index (Phi) is 2.33. The van der Waals surface area contributed by atoms with E-state index in [4.69, 9.17) is 0 Å². The molecule has 0 saturated heterocycles. The van der Waals surface area contributed by atoms with E-state index in [9.17, 15) is 0 Å². The molecule has 0 fully saturated rings. The number of hydrogen-bond acceptors (Lipinski definition) is 4. The Hall–Kier alpha value is -1.69. The molecule has 3 N–H and O–H groups in total. The number of hydrogen-bond donors (Lipinski definition) is 3. The van der Waals surface area contributed by atoms with E-state index in [-0.39, 0.29) is 0 Å². The van der Waals surface area contributed by atoms with Crippen molar-refractivity contribution in [1.82, 2.24) is 30.5 Å². The topological polar surface area (TPSA) is 82.3 Å². The van der Waals surface area contributed by atoms with Crippen LogP contribution in [0.1, 0.15) is 11.6 Å². The van der Waals surface area contributed by atoms with Crippen LogP contribution in [0.4, 0.5) is 0 Å². The predicted molar refractivity (Wildman–Crippen MR) is 45.5 cm³/mol. The zero-order valence-electron chi connectivity index (χ0n) is 6.99. The zero-order chi connectivity index (χ0) is 8.93. The van der Waals surface area contributed by atoms with Crippen molar-refractivity contribution < 1.29 is 0 Å². The highest BCUT2D eigenvalue weighted by Gasteiger charge is 1.96. The molecule has 0 spiro atoms. The standard InChI is InChI=1S/C7H10N6/c1-2-10-6(9-1)3-8-4-7-11-5-12-13-7/h1-2,5,8H,3-4H2,(H,9,10)(H,11,12,13). The molecule has 0 unspecified atom stereocenters. The van der Waals surface area contributed by atoms with Crippen LogP contribution < -0.4 is 5.32 Å². The Labute approximate surface area is 74.8 Å². The normalized spacial score (nSPS) is 10.5. The van der Waals surface area contributed by atoms with Gasteiger partial charge >= 0.3 is 0 Å². The fourth-order valence-corrected chi connectivity index (χ4v) is 1.01. The third kappa shape index (κ3) is 2.12. The van der Waals surface area contributed by atoms with Crippen molar-refractivity contribution in [3.8, 4) is 0 Å². The Morgan fingerprint density at radius 2 is 2.15 bits per heavy atom. The maximum atomic E-state index is 4.07. The van der Waals surface area contributed by atoms with Crippen LogP contribution in [0.5, 0.6) is 0 Å². The summed E-state index contributed by atoms with van der Waals surface area (Å²) in [5.41, 5.74) is 0. The van der Waals surface area contributed by atoms with Gasteiger partial charge in [-0.2, -0.15) is 5.10 Å². The van der Waals surface area contributed by atoms with Crippen LogP contribution in [0.15, 0.2) is 18.7 Å². The molecule has 13 heavy (non-hydrogen) atoms. The van der Waals surface area contributed by atoms with Gasteiger partial charge in [0.2, 0.25) is 0 Å². The summed E-state index contributed by atoms with van der Waals surface area (Å²) in [5.74, 6) is 1.74. The summed E-state index contributed by atoms with van der Waals surface area (Å²) in [7, 11) is 0. The lowest BCUT2D eigenvalue weighted by atomic mass is 10.5. The average molecular weight is 178 g/mol. The van der Waals surface area contributed by atoms with Crippen LogP contribution in [0.2, 0.25) is 0 Å². The maximum Gasteiger partial charge on any atom is 0.138 e. The molecule has 6 nitrogen and oxygen atoms in total. The molecule has 2 heterocycles. The first kappa shape index (κ1) is 7.93. The van der Waals surface area contributed by atoms with E-state index in [0.29, 0.717) is 13.1 Å². The van der Waals surface area contributed by atoms with Crippen molar-refractivity contribution in [3.05, 3.63) is 30.4 Å². The van der Waals surface area contributed by atoms with Crippen LogP contribution in [-0.2, 0) is 13.1 Å². The molecule has 68 valence electrons. The smallest absolute Gasteiger partial charge is 0.138 e. The number of nitrogens with one attached hydrogen (secondary N) is 3. The fraction of sp³-hybridized carbons (Fsp3) is 0.286. The predicted octanol–water partition coefficient (Wildman–Crippen LogP) is -0.182. The molecule has 0 aromatic carbocycles. The SMILES string of the molecule is c1c[nH]c(CNCc2ncn[nH]2)n1. The van der Waals surface area contributed by atoms with E-state index < -0.39 is 0 Å². The second kappa shape index (κ2) is 3.81. The van der Waals surface area contributed by atoms with Crippen LogP contribution in [0, 0.1) is 0 Å². The molecule has 2 rings (SSSR count). The van der Waals surface area contributed by atoms with Gasteiger partial charge in [-0.25, -0.2) is 9.97 Å². The van der Waals surface area contributed by atoms with Crippen molar-refractivity contribution in [1.29, 1.82) is 0 Å². The van der Waals surface area contributed by atoms with Gasteiger partial charge in [0.25, 0.3) is 0 Å². The molecule has 6 heteroatoms. The summed E-state index contributed by atoms with van der Waals surface area (Å²) in [4.78, 5) is 11.0. The molecule has 0 atom stereocenters. The van der Waals surface area contributed by atoms with Gasteiger partial charge < -0.3 is 10.3 Å². The summed E-state index contributed by atoms with van der Waals surface area (Å²) < 4.78 is 0. The first-order valence-corrected chi connectivity index (χ1v) is 3.98. The van der Waals surface area contributed by atoms with Crippen molar-refractivity contribution in [3.63, 3.8) is 0 Å². The van der Waals surface area contributed by atoms with Gasteiger partial charge in [0.05, 0.1) is 13.1 Å². The molecule has 2 aromatic rings. The maximum absolute atomic E-state index is 4.07. The van der Waals surface area contributed by atoms with E-state index in [1.54, 1.807) is 12.4 Å². The lowest BCUT2D eigenvalue weighted by Gasteiger charge is -1.98. The van der Waals surface area contributed by atoms with Gasteiger partial charge in [0.1, 0.15) is 18.0 Å². The van der Waals surface area contributed by atoms with Gasteiger partial charge in [0.15, 0.2) is 0 Å². The Balaban J connectivity index is 1.76. The molecular formula is C7H10N6. The zero-order valence-corrected chi connectivity index (χ0v) is 6.99. The Bertz CT molecular complexity index is 290. The number of aromatic amines is 2. The second-order valence-electron chi connectivity index (χ2n) is 2.57. The van der Waals surface area contributed by atoms with Crippen molar-refractivity contribution in [2.24, 2.45) is 0 Å². The molecular weight excluding hydrogens is 168 g/mol. The lowest BCUT2D eigenvalue weighted by Crippen LogP contribution is -2.14. The monoisotopic (exact) mass is 178 g/mol. The number of H-pyrrole nitrogens is 2. The van der Waals surface area contributed by atoms with Gasteiger partial charge in [-0.3, -0.25) is 5.10 Å². The van der Waals surface area contributed by atoms with E-state index in [0.717, 1.165) is 11.6 Å². The first-order valence-electron chi connectivity index (χ1n) is 3.98. The second-order valence-corrected chi connectivity index (χ2v) is 2.57. The highest BCUT2D eigenvalue weighted by atomic mass is 15.2. The highest BCUT2D eigenvalue weighted by molar-refractivity contribution is 4.87. The van der Waals surface area contributed by atoms with Gasteiger partial charge in [-0.15, -0.1) is 0 Å². The van der Waals surface area contributed by atoms with Crippen LogP contribution in [0.3, 0.4) is 0 Å². The first-order chi connectivity index (χ1) is 6.45. The minimum Gasteiger partial charge on any atom is -0.348 e. The fourth-order valence-electron chi connectivity index (χ4n) is 1.01. The molecule has 0 aliphatic heterocycles.